The normalized spacial score (nSPS) is 11.2. The summed E-state index contributed by atoms with van der Waals surface area (Å²) in [5.41, 5.74) is 9.86. The molecule has 0 saturated heterocycles. The zero-order chi connectivity index (χ0) is 37.4. The van der Waals surface area contributed by atoms with Gasteiger partial charge in [-0.25, -0.2) is 15.0 Å². The molecule has 0 spiro atoms. The average Bonchev–Trinajstić information content (AvgIpc) is 3.28. The summed E-state index contributed by atoms with van der Waals surface area (Å²) in [5, 5.41) is 16.6. The van der Waals surface area contributed by atoms with Crippen LogP contribution in [0.15, 0.2) is 194 Å². The summed E-state index contributed by atoms with van der Waals surface area (Å²) in [6, 6.07) is 69.6. The Morgan fingerprint density at radius 1 is 0.304 bits per heavy atom. The maximum Gasteiger partial charge on any atom is 0.164 e. The van der Waals surface area contributed by atoms with E-state index >= 15 is 0 Å². The lowest BCUT2D eigenvalue weighted by molar-refractivity contribution is 1.07. The molecule has 0 radical (unpaired) electrons. The lowest BCUT2D eigenvalue weighted by atomic mass is 9.89. The minimum absolute atomic E-state index is 0.538. The summed E-state index contributed by atoms with van der Waals surface area (Å²) in [5.74, 6) is 1.68. The van der Waals surface area contributed by atoms with Crippen LogP contribution in [0, 0.1) is 11.3 Å². The van der Waals surface area contributed by atoms with Crippen LogP contribution in [-0.2, 0) is 0 Å². The van der Waals surface area contributed by atoms with Crippen LogP contribution in [0.2, 0.25) is 0 Å². The number of hydrogen-bond donors (Lipinski definition) is 0. The van der Waals surface area contributed by atoms with Crippen molar-refractivity contribution in [2.24, 2.45) is 0 Å². The van der Waals surface area contributed by atoms with Gasteiger partial charge in [-0.2, -0.15) is 5.26 Å². The molecule has 10 aromatic rings. The number of benzene rings is 9. The molecule has 0 unspecified atom stereocenters. The van der Waals surface area contributed by atoms with Crippen LogP contribution in [0.5, 0.6) is 0 Å². The molecule has 0 atom stereocenters. The lowest BCUT2D eigenvalue weighted by Crippen LogP contribution is -2.02. The number of fused-ring (bicyclic) bond motifs is 3. The molecule has 260 valence electrons. The van der Waals surface area contributed by atoms with E-state index in [1.807, 2.05) is 18.2 Å². The molecule has 0 amide bonds. The van der Waals surface area contributed by atoms with Crippen molar-refractivity contribution < 1.29 is 0 Å². The van der Waals surface area contributed by atoms with Crippen molar-refractivity contribution in [3.8, 4) is 73.6 Å². The topological polar surface area (TPSA) is 62.5 Å². The first kappa shape index (κ1) is 32.9. The van der Waals surface area contributed by atoms with E-state index in [4.69, 9.17) is 15.0 Å². The third-order valence-electron chi connectivity index (χ3n) is 10.5. The fourth-order valence-electron chi connectivity index (χ4n) is 7.63. The van der Waals surface area contributed by atoms with Crippen molar-refractivity contribution in [2.45, 2.75) is 0 Å². The fourth-order valence-corrected chi connectivity index (χ4v) is 7.63. The molecule has 4 nitrogen and oxygen atoms in total. The molecule has 9 aromatic carbocycles. The van der Waals surface area contributed by atoms with Gasteiger partial charge in [-0.15, -0.1) is 0 Å². The van der Waals surface area contributed by atoms with Crippen LogP contribution in [-0.4, -0.2) is 15.0 Å². The van der Waals surface area contributed by atoms with E-state index in [-0.39, 0.29) is 0 Å². The number of nitrogens with zero attached hydrogens (tertiary/aromatic N) is 4. The Bertz CT molecular complexity index is 3140. The average molecular weight is 713 g/mol. The SMILES string of the molecule is N#Cc1ccc(-c2nc(-c3ccc4cc(-c5ccc6ccccc6c5)ccc4c3)nc(-c3cccc(-c4ccc5ccccc5c4)c3-c3ccccc3)n2)cc1. The molecule has 0 bridgehead atoms. The molecule has 10 rings (SSSR count). The van der Waals surface area contributed by atoms with Crippen LogP contribution >= 0.6 is 0 Å². The first-order valence-electron chi connectivity index (χ1n) is 18.6. The van der Waals surface area contributed by atoms with E-state index in [2.05, 4.69) is 170 Å². The van der Waals surface area contributed by atoms with Crippen molar-refractivity contribution >= 4 is 32.3 Å². The van der Waals surface area contributed by atoms with E-state index in [9.17, 15) is 5.26 Å². The summed E-state index contributed by atoms with van der Waals surface area (Å²) >= 11 is 0. The van der Waals surface area contributed by atoms with E-state index < -0.39 is 0 Å². The zero-order valence-corrected chi connectivity index (χ0v) is 30.3. The first-order valence-corrected chi connectivity index (χ1v) is 18.6. The Hall–Kier alpha value is -7.74. The van der Waals surface area contributed by atoms with Crippen LogP contribution in [0.25, 0.3) is 99.9 Å². The van der Waals surface area contributed by atoms with Gasteiger partial charge in [-0.3, -0.25) is 0 Å². The second-order valence-corrected chi connectivity index (χ2v) is 14.0. The molecular formula is C52H32N4. The van der Waals surface area contributed by atoms with E-state index in [0.29, 0.717) is 23.0 Å². The quantitative estimate of drug-likeness (QED) is 0.172. The minimum atomic E-state index is 0.538. The molecule has 0 saturated carbocycles. The molecule has 1 aromatic heterocycles. The summed E-state index contributed by atoms with van der Waals surface area (Å²) in [6.45, 7) is 0. The monoisotopic (exact) mass is 712 g/mol. The maximum atomic E-state index is 9.52. The van der Waals surface area contributed by atoms with Gasteiger partial charge >= 0.3 is 0 Å². The standard InChI is InChI=1S/C52H32N4/c53-33-34-17-19-38(20-18-34)50-54-51(46-28-26-43-30-42(24-25-44(43)32-46)41-23-21-35-9-4-6-13-39(35)29-41)56-52(55-50)48-16-8-15-47(49(48)37-11-2-1-3-12-37)45-27-22-36-10-5-7-14-40(36)31-45/h1-32H. The largest absolute Gasteiger partial charge is 0.208 e. The van der Waals surface area contributed by atoms with Gasteiger partial charge in [0.25, 0.3) is 0 Å². The Morgan fingerprint density at radius 3 is 1.39 bits per heavy atom. The molecule has 0 aliphatic rings. The highest BCUT2D eigenvalue weighted by Gasteiger charge is 2.19. The van der Waals surface area contributed by atoms with Crippen molar-refractivity contribution in [2.75, 3.05) is 0 Å². The second-order valence-electron chi connectivity index (χ2n) is 14.0. The number of aromatic nitrogens is 3. The highest BCUT2D eigenvalue weighted by Crippen LogP contribution is 2.41. The number of hydrogen-bond acceptors (Lipinski definition) is 4. The molecule has 1 heterocycles. The van der Waals surface area contributed by atoms with Gasteiger partial charge in [0.1, 0.15) is 0 Å². The third kappa shape index (κ3) is 6.14. The Morgan fingerprint density at radius 2 is 0.750 bits per heavy atom. The van der Waals surface area contributed by atoms with Crippen molar-refractivity contribution in [3.05, 3.63) is 200 Å². The highest BCUT2D eigenvalue weighted by molar-refractivity contribution is 5.97. The number of nitriles is 1. The predicted molar refractivity (Wildman–Crippen MR) is 230 cm³/mol. The minimum Gasteiger partial charge on any atom is -0.208 e. The van der Waals surface area contributed by atoms with Crippen molar-refractivity contribution in [1.82, 2.24) is 15.0 Å². The van der Waals surface area contributed by atoms with Gasteiger partial charge < -0.3 is 0 Å². The van der Waals surface area contributed by atoms with E-state index in [0.717, 1.165) is 49.7 Å². The van der Waals surface area contributed by atoms with Crippen molar-refractivity contribution in [1.29, 1.82) is 5.26 Å². The van der Waals surface area contributed by atoms with Gasteiger partial charge in [0.15, 0.2) is 17.5 Å². The summed E-state index contributed by atoms with van der Waals surface area (Å²) in [6.07, 6.45) is 0. The van der Waals surface area contributed by atoms with Gasteiger partial charge in [-0.05, 0) is 109 Å². The van der Waals surface area contributed by atoms with Gasteiger partial charge in [0.05, 0.1) is 11.6 Å². The maximum absolute atomic E-state index is 9.52. The highest BCUT2D eigenvalue weighted by atomic mass is 15.0. The van der Waals surface area contributed by atoms with Crippen LogP contribution in [0.1, 0.15) is 5.56 Å². The van der Waals surface area contributed by atoms with Gasteiger partial charge in [0, 0.05) is 22.3 Å². The van der Waals surface area contributed by atoms with E-state index in [1.165, 1.54) is 32.7 Å². The molecule has 0 fully saturated rings. The van der Waals surface area contributed by atoms with Gasteiger partial charge in [-0.1, -0.05) is 146 Å². The Labute approximate surface area is 324 Å². The summed E-state index contributed by atoms with van der Waals surface area (Å²) in [4.78, 5) is 15.4. The second kappa shape index (κ2) is 13.9. The summed E-state index contributed by atoms with van der Waals surface area (Å²) < 4.78 is 0. The van der Waals surface area contributed by atoms with Crippen molar-refractivity contribution in [3.63, 3.8) is 0 Å². The molecule has 0 aliphatic carbocycles. The Kier molecular flexibility index (Phi) is 8.17. The molecule has 0 aliphatic heterocycles. The predicted octanol–water partition coefficient (Wildman–Crippen LogP) is 13.2. The van der Waals surface area contributed by atoms with E-state index in [1.54, 1.807) is 12.1 Å². The molecular weight excluding hydrogens is 681 g/mol. The van der Waals surface area contributed by atoms with Crippen LogP contribution < -0.4 is 0 Å². The first-order chi connectivity index (χ1) is 27.7. The smallest absolute Gasteiger partial charge is 0.164 e. The molecule has 56 heavy (non-hydrogen) atoms. The van der Waals surface area contributed by atoms with Crippen LogP contribution in [0.3, 0.4) is 0 Å². The summed E-state index contributed by atoms with van der Waals surface area (Å²) in [7, 11) is 0. The zero-order valence-electron chi connectivity index (χ0n) is 30.3. The van der Waals surface area contributed by atoms with Gasteiger partial charge in [0.2, 0.25) is 0 Å². The van der Waals surface area contributed by atoms with Crippen LogP contribution in [0.4, 0.5) is 0 Å². The Balaban J connectivity index is 1.14. The number of rotatable bonds is 6. The molecule has 4 heteroatoms. The molecule has 0 N–H and O–H groups in total. The lowest BCUT2D eigenvalue weighted by Gasteiger charge is -2.17. The third-order valence-corrected chi connectivity index (χ3v) is 10.5. The fraction of sp³-hybridized carbons (Fsp3) is 0.